The SMILES string of the molecule is Cc1cc(C)cc(OCC(=O)NNC(=S)NCCCN(C)C)c1. The van der Waals surface area contributed by atoms with Gasteiger partial charge in [-0.25, -0.2) is 0 Å². The highest BCUT2D eigenvalue weighted by Crippen LogP contribution is 2.15. The van der Waals surface area contributed by atoms with Gasteiger partial charge in [-0.3, -0.25) is 15.6 Å². The smallest absolute Gasteiger partial charge is 0.276 e. The maximum Gasteiger partial charge on any atom is 0.276 e. The molecule has 0 bridgehead atoms. The van der Waals surface area contributed by atoms with E-state index in [0.29, 0.717) is 10.9 Å². The molecule has 3 N–H and O–H groups in total. The number of nitrogens with zero attached hydrogens (tertiary/aromatic N) is 1. The summed E-state index contributed by atoms with van der Waals surface area (Å²) in [6.07, 6.45) is 0.971. The van der Waals surface area contributed by atoms with Crippen LogP contribution in [0.15, 0.2) is 18.2 Å². The average molecular weight is 338 g/mol. The molecule has 0 saturated heterocycles. The second-order valence-corrected chi connectivity index (χ2v) is 6.11. The molecule has 0 fully saturated rings. The number of hydrogen-bond acceptors (Lipinski definition) is 4. The number of nitrogens with one attached hydrogen (secondary N) is 3. The number of benzene rings is 1. The Balaban J connectivity index is 2.20. The molecule has 6 nitrogen and oxygen atoms in total. The van der Waals surface area contributed by atoms with Crippen LogP contribution in [0.25, 0.3) is 0 Å². The molecule has 0 aliphatic heterocycles. The standard InChI is InChI=1S/C16H26N4O2S/c1-12-8-13(2)10-14(9-12)22-11-15(21)18-19-16(23)17-6-5-7-20(3)4/h8-10H,5-7,11H2,1-4H3,(H,18,21)(H2,17,19,23). The summed E-state index contributed by atoms with van der Waals surface area (Å²) in [5.41, 5.74) is 7.36. The fourth-order valence-corrected chi connectivity index (χ4v) is 2.12. The van der Waals surface area contributed by atoms with Crippen molar-refractivity contribution >= 4 is 23.2 Å². The minimum Gasteiger partial charge on any atom is -0.484 e. The van der Waals surface area contributed by atoms with E-state index in [9.17, 15) is 4.79 Å². The maximum absolute atomic E-state index is 11.7. The molecule has 0 aromatic heterocycles. The molecule has 0 aliphatic rings. The van der Waals surface area contributed by atoms with Crippen LogP contribution < -0.4 is 20.9 Å². The van der Waals surface area contributed by atoms with Gasteiger partial charge in [0.15, 0.2) is 11.7 Å². The quantitative estimate of drug-likeness (QED) is 0.393. The van der Waals surface area contributed by atoms with Crippen molar-refractivity contribution in [2.75, 3.05) is 33.8 Å². The predicted molar refractivity (Wildman–Crippen MR) is 96.5 cm³/mol. The van der Waals surface area contributed by atoms with E-state index in [1.807, 2.05) is 40.1 Å². The van der Waals surface area contributed by atoms with E-state index < -0.39 is 0 Å². The monoisotopic (exact) mass is 338 g/mol. The van der Waals surface area contributed by atoms with Crippen LogP contribution in [0.1, 0.15) is 17.5 Å². The molecule has 23 heavy (non-hydrogen) atoms. The normalized spacial score (nSPS) is 10.3. The lowest BCUT2D eigenvalue weighted by atomic mass is 10.1. The fraction of sp³-hybridized carbons (Fsp3) is 0.500. The molecule has 1 amide bonds. The molecule has 1 aromatic rings. The first-order valence-electron chi connectivity index (χ1n) is 7.55. The summed E-state index contributed by atoms with van der Waals surface area (Å²) in [6.45, 7) is 5.63. The Bertz CT molecular complexity index is 515. The summed E-state index contributed by atoms with van der Waals surface area (Å²) in [5.74, 6) is 0.392. The van der Waals surface area contributed by atoms with Gasteiger partial charge in [0, 0.05) is 6.54 Å². The highest BCUT2D eigenvalue weighted by molar-refractivity contribution is 7.80. The van der Waals surface area contributed by atoms with Gasteiger partial charge in [0.1, 0.15) is 5.75 Å². The van der Waals surface area contributed by atoms with E-state index in [2.05, 4.69) is 27.1 Å². The van der Waals surface area contributed by atoms with Crippen LogP contribution in [-0.4, -0.2) is 49.7 Å². The Morgan fingerprint density at radius 3 is 2.43 bits per heavy atom. The van der Waals surface area contributed by atoms with Crippen LogP contribution in [0.5, 0.6) is 5.75 Å². The van der Waals surface area contributed by atoms with Gasteiger partial charge in [0.25, 0.3) is 5.91 Å². The Morgan fingerprint density at radius 1 is 1.17 bits per heavy atom. The van der Waals surface area contributed by atoms with Crippen LogP contribution >= 0.6 is 12.2 Å². The van der Waals surface area contributed by atoms with E-state index in [4.69, 9.17) is 17.0 Å². The lowest BCUT2D eigenvalue weighted by Crippen LogP contribution is -2.48. The Kier molecular flexibility index (Phi) is 8.36. The van der Waals surface area contributed by atoms with Crippen molar-refractivity contribution in [3.63, 3.8) is 0 Å². The number of carbonyl (C=O) groups is 1. The van der Waals surface area contributed by atoms with Crippen molar-refractivity contribution < 1.29 is 9.53 Å². The van der Waals surface area contributed by atoms with Gasteiger partial charge in [-0.1, -0.05) is 6.07 Å². The largest absolute Gasteiger partial charge is 0.484 e. The molecule has 1 aromatic carbocycles. The van der Waals surface area contributed by atoms with E-state index in [0.717, 1.165) is 30.6 Å². The molecule has 0 aliphatic carbocycles. The zero-order valence-electron chi connectivity index (χ0n) is 14.2. The highest BCUT2D eigenvalue weighted by Gasteiger charge is 2.04. The van der Waals surface area contributed by atoms with Crippen molar-refractivity contribution in [3.05, 3.63) is 29.3 Å². The van der Waals surface area contributed by atoms with Gasteiger partial charge < -0.3 is 15.0 Å². The molecule has 1 rings (SSSR count). The lowest BCUT2D eigenvalue weighted by Gasteiger charge is -2.13. The van der Waals surface area contributed by atoms with Crippen LogP contribution in [0.3, 0.4) is 0 Å². The molecule has 0 saturated carbocycles. The number of amides is 1. The molecule has 0 atom stereocenters. The average Bonchev–Trinajstić information content (AvgIpc) is 2.46. The number of carbonyl (C=O) groups excluding carboxylic acids is 1. The summed E-state index contributed by atoms with van der Waals surface area (Å²) >= 11 is 5.07. The van der Waals surface area contributed by atoms with Gasteiger partial charge in [0.05, 0.1) is 0 Å². The Labute approximate surface area is 143 Å². The Morgan fingerprint density at radius 2 is 1.83 bits per heavy atom. The summed E-state index contributed by atoms with van der Waals surface area (Å²) in [6, 6.07) is 5.84. The number of aryl methyl sites for hydroxylation is 2. The third kappa shape index (κ3) is 9.00. The van der Waals surface area contributed by atoms with Crippen LogP contribution in [0.4, 0.5) is 0 Å². The molecule has 0 spiro atoms. The van der Waals surface area contributed by atoms with Gasteiger partial charge in [-0.15, -0.1) is 0 Å². The summed E-state index contributed by atoms with van der Waals surface area (Å²) in [5, 5.41) is 3.41. The summed E-state index contributed by atoms with van der Waals surface area (Å²) < 4.78 is 5.47. The first kappa shape index (κ1) is 19.2. The minimum absolute atomic E-state index is 0.0703. The molecular formula is C16H26N4O2S. The van der Waals surface area contributed by atoms with Gasteiger partial charge in [-0.2, -0.15) is 0 Å². The Hall–Kier alpha value is -1.86. The zero-order valence-corrected chi connectivity index (χ0v) is 15.0. The number of thiocarbonyl (C=S) groups is 1. The first-order chi connectivity index (χ1) is 10.9. The van der Waals surface area contributed by atoms with Gasteiger partial charge in [0.2, 0.25) is 0 Å². The van der Waals surface area contributed by atoms with Crippen molar-refractivity contribution in [2.45, 2.75) is 20.3 Å². The second-order valence-electron chi connectivity index (χ2n) is 5.70. The summed E-state index contributed by atoms with van der Waals surface area (Å²) in [4.78, 5) is 13.8. The molecule has 0 heterocycles. The molecule has 0 radical (unpaired) electrons. The zero-order chi connectivity index (χ0) is 17.2. The van der Waals surface area contributed by atoms with E-state index >= 15 is 0 Å². The van der Waals surface area contributed by atoms with Crippen LogP contribution in [0, 0.1) is 13.8 Å². The van der Waals surface area contributed by atoms with Crippen molar-refractivity contribution in [2.24, 2.45) is 0 Å². The van der Waals surface area contributed by atoms with E-state index in [1.165, 1.54) is 0 Å². The van der Waals surface area contributed by atoms with Crippen LogP contribution in [0.2, 0.25) is 0 Å². The number of hydrazine groups is 1. The third-order valence-corrected chi connectivity index (χ3v) is 3.19. The van der Waals surface area contributed by atoms with Crippen LogP contribution in [-0.2, 0) is 4.79 Å². The molecule has 0 unspecified atom stereocenters. The van der Waals surface area contributed by atoms with Crippen molar-refractivity contribution in [3.8, 4) is 5.75 Å². The minimum atomic E-state index is -0.290. The van der Waals surface area contributed by atoms with Gasteiger partial charge in [-0.05, 0) is 76.4 Å². The molecule has 128 valence electrons. The van der Waals surface area contributed by atoms with Crippen molar-refractivity contribution in [1.29, 1.82) is 0 Å². The third-order valence-electron chi connectivity index (χ3n) is 2.95. The second kappa shape index (κ2) is 10.0. The summed E-state index contributed by atoms with van der Waals surface area (Å²) in [7, 11) is 4.04. The first-order valence-corrected chi connectivity index (χ1v) is 7.96. The lowest BCUT2D eigenvalue weighted by molar-refractivity contribution is -0.123. The molecular weight excluding hydrogens is 312 g/mol. The fourth-order valence-electron chi connectivity index (χ4n) is 1.97. The maximum atomic E-state index is 11.7. The predicted octanol–water partition coefficient (Wildman–Crippen LogP) is 1.13. The van der Waals surface area contributed by atoms with Gasteiger partial charge >= 0.3 is 0 Å². The van der Waals surface area contributed by atoms with E-state index in [1.54, 1.807) is 0 Å². The highest BCUT2D eigenvalue weighted by atomic mass is 32.1. The topological polar surface area (TPSA) is 65.6 Å². The van der Waals surface area contributed by atoms with E-state index in [-0.39, 0.29) is 12.5 Å². The molecule has 7 heteroatoms. The van der Waals surface area contributed by atoms with Crippen molar-refractivity contribution in [1.82, 2.24) is 21.1 Å². The number of ether oxygens (including phenoxy) is 1. The number of hydrogen-bond donors (Lipinski definition) is 3. The number of rotatable bonds is 7.